The van der Waals surface area contributed by atoms with Gasteiger partial charge in [0.15, 0.2) is 5.78 Å². The van der Waals surface area contributed by atoms with Crippen LogP contribution in [-0.4, -0.2) is 37.0 Å². The number of anilines is 1. The molecule has 0 saturated carbocycles. The van der Waals surface area contributed by atoms with E-state index >= 15 is 0 Å². The number of rotatable bonds is 5. The molecule has 1 rings (SSSR count). The van der Waals surface area contributed by atoms with E-state index in [1.807, 2.05) is 0 Å². The summed E-state index contributed by atoms with van der Waals surface area (Å²) >= 11 is 0. The van der Waals surface area contributed by atoms with Gasteiger partial charge in [0.25, 0.3) is 0 Å². The molecule has 0 saturated heterocycles. The van der Waals surface area contributed by atoms with Crippen molar-refractivity contribution in [2.45, 2.75) is 0 Å². The molecule has 5 nitrogen and oxygen atoms in total. The van der Waals surface area contributed by atoms with Crippen LogP contribution in [0.3, 0.4) is 0 Å². The highest BCUT2D eigenvalue weighted by atomic mass is 16.4. The molecule has 0 aromatic heterocycles. The van der Waals surface area contributed by atoms with E-state index < -0.39 is 5.97 Å². The number of nitrogens with two attached hydrogens (primary N) is 1. The highest BCUT2D eigenvalue weighted by Crippen LogP contribution is 2.13. The van der Waals surface area contributed by atoms with Gasteiger partial charge in [-0.25, -0.2) is 0 Å². The number of aliphatic carboxylic acids is 1. The van der Waals surface area contributed by atoms with Crippen LogP contribution in [-0.2, 0) is 4.79 Å². The van der Waals surface area contributed by atoms with Crippen molar-refractivity contribution in [3.8, 4) is 0 Å². The Kier molecular flexibility index (Phi) is 4.02. The van der Waals surface area contributed by atoms with Gasteiger partial charge in [-0.2, -0.15) is 0 Å². The largest absolute Gasteiger partial charge is 0.480 e. The fourth-order valence-corrected chi connectivity index (χ4v) is 1.31. The number of benzene rings is 1. The second kappa shape index (κ2) is 5.27. The average molecular weight is 222 g/mol. The summed E-state index contributed by atoms with van der Waals surface area (Å²) in [7, 11) is 1.67. The number of carboxylic acids is 1. The van der Waals surface area contributed by atoms with Crippen LogP contribution in [0, 0.1) is 0 Å². The number of hydrogen-bond donors (Lipinski definition) is 2. The molecule has 0 aliphatic carbocycles. The van der Waals surface area contributed by atoms with Gasteiger partial charge >= 0.3 is 5.97 Å². The van der Waals surface area contributed by atoms with E-state index in [-0.39, 0.29) is 18.9 Å². The minimum atomic E-state index is -0.899. The number of Topliss-reactive ketones (excluding diaryl/α,β-unsaturated/α-hetero) is 1. The fourth-order valence-electron chi connectivity index (χ4n) is 1.31. The third kappa shape index (κ3) is 3.06. The van der Waals surface area contributed by atoms with Crippen molar-refractivity contribution in [1.29, 1.82) is 0 Å². The number of likely N-dealkylation sites (N-methyl/N-ethyl adjacent to an activating group) is 1. The maximum Gasteiger partial charge on any atom is 0.323 e. The lowest BCUT2D eigenvalue weighted by Gasteiger charge is -2.16. The van der Waals surface area contributed by atoms with E-state index in [1.54, 1.807) is 36.2 Å². The molecular formula is C11H14N2O3. The number of carbonyl (C=O) groups excluding carboxylic acids is 1. The first-order valence-corrected chi connectivity index (χ1v) is 4.81. The highest BCUT2D eigenvalue weighted by molar-refractivity contribution is 5.97. The third-order valence-corrected chi connectivity index (χ3v) is 2.19. The third-order valence-electron chi connectivity index (χ3n) is 2.19. The Bertz CT molecular complexity index is 387. The smallest absolute Gasteiger partial charge is 0.323 e. The van der Waals surface area contributed by atoms with Gasteiger partial charge in [0.05, 0.1) is 6.54 Å². The zero-order valence-corrected chi connectivity index (χ0v) is 9.01. The second-order valence-corrected chi connectivity index (χ2v) is 3.42. The van der Waals surface area contributed by atoms with Crippen molar-refractivity contribution in [3.05, 3.63) is 29.8 Å². The average Bonchev–Trinajstić information content (AvgIpc) is 2.27. The van der Waals surface area contributed by atoms with Crippen LogP contribution in [0.1, 0.15) is 10.4 Å². The van der Waals surface area contributed by atoms with Crippen molar-refractivity contribution in [2.75, 3.05) is 25.0 Å². The summed E-state index contributed by atoms with van der Waals surface area (Å²) < 4.78 is 0. The minimum absolute atomic E-state index is 0.0235. The Morgan fingerprint density at radius 1 is 1.31 bits per heavy atom. The van der Waals surface area contributed by atoms with Gasteiger partial charge in [0, 0.05) is 18.3 Å². The lowest BCUT2D eigenvalue weighted by molar-refractivity contribution is -0.135. The Morgan fingerprint density at radius 2 is 1.88 bits per heavy atom. The lowest BCUT2D eigenvalue weighted by atomic mass is 10.1. The zero-order valence-electron chi connectivity index (χ0n) is 9.01. The molecule has 0 unspecified atom stereocenters. The van der Waals surface area contributed by atoms with Crippen molar-refractivity contribution in [2.24, 2.45) is 5.73 Å². The summed E-state index contributed by atoms with van der Waals surface area (Å²) in [5, 5.41) is 8.61. The fraction of sp³-hybridized carbons (Fsp3) is 0.273. The predicted octanol–water partition coefficient (Wildman–Crippen LogP) is 0.349. The molecule has 0 aliphatic rings. The summed E-state index contributed by atoms with van der Waals surface area (Å²) in [6.45, 7) is -0.103. The minimum Gasteiger partial charge on any atom is -0.480 e. The quantitative estimate of drug-likeness (QED) is 0.702. The molecule has 1 aromatic rings. The Labute approximate surface area is 93.5 Å². The Morgan fingerprint density at radius 3 is 2.31 bits per heavy atom. The molecule has 5 heteroatoms. The monoisotopic (exact) mass is 222 g/mol. The van der Waals surface area contributed by atoms with E-state index in [0.717, 1.165) is 5.69 Å². The number of carboxylic acid groups (broad SMARTS) is 1. The molecule has 0 fully saturated rings. The van der Waals surface area contributed by atoms with Crippen LogP contribution in [0.25, 0.3) is 0 Å². The van der Waals surface area contributed by atoms with Gasteiger partial charge in [-0.1, -0.05) is 0 Å². The predicted molar refractivity (Wildman–Crippen MR) is 60.7 cm³/mol. The van der Waals surface area contributed by atoms with Crippen LogP contribution in [0.15, 0.2) is 24.3 Å². The molecule has 86 valence electrons. The van der Waals surface area contributed by atoms with E-state index in [2.05, 4.69) is 0 Å². The molecule has 0 radical (unpaired) electrons. The molecular weight excluding hydrogens is 208 g/mol. The van der Waals surface area contributed by atoms with Gasteiger partial charge < -0.3 is 15.7 Å². The number of nitrogens with zero attached hydrogens (tertiary/aromatic N) is 1. The topological polar surface area (TPSA) is 83.6 Å². The van der Waals surface area contributed by atoms with Crippen LogP contribution in [0.4, 0.5) is 5.69 Å². The highest BCUT2D eigenvalue weighted by Gasteiger charge is 2.07. The molecule has 0 amide bonds. The summed E-state index contributed by atoms with van der Waals surface area (Å²) in [5.74, 6) is -1.03. The first kappa shape index (κ1) is 12.2. The summed E-state index contributed by atoms with van der Waals surface area (Å²) in [4.78, 5) is 23.3. The van der Waals surface area contributed by atoms with Gasteiger partial charge in [-0.3, -0.25) is 9.59 Å². The van der Waals surface area contributed by atoms with Crippen LogP contribution < -0.4 is 10.6 Å². The van der Waals surface area contributed by atoms with Crippen molar-refractivity contribution >= 4 is 17.4 Å². The first-order valence-electron chi connectivity index (χ1n) is 4.81. The molecule has 16 heavy (non-hydrogen) atoms. The standard InChI is InChI=1S/C11H14N2O3/c1-13(7-11(15)16)9-4-2-8(3-5-9)10(14)6-12/h2-5H,6-7,12H2,1H3,(H,15,16). The molecule has 0 bridgehead atoms. The van der Waals surface area contributed by atoms with Gasteiger partial charge in [-0.05, 0) is 24.3 Å². The zero-order chi connectivity index (χ0) is 12.1. The van der Waals surface area contributed by atoms with E-state index in [9.17, 15) is 9.59 Å². The molecule has 0 heterocycles. The Balaban J connectivity index is 2.78. The number of carbonyl (C=O) groups is 2. The van der Waals surface area contributed by atoms with Crippen LogP contribution >= 0.6 is 0 Å². The lowest BCUT2D eigenvalue weighted by Crippen LogP contribution is -2.25. The second-order valence-electron chi connectivity index (χ2n) is 3.42. The van der Waals surface area contributed by atoms with Crippen molar-refractivity contribution < 1.29 is 14.7 Å². The van der Waals surface area contributed by atoms with Crippen molar-refractivity contribution in [1.82, 2.24) is 0 Å². The summed E-state index contributed by atoms with van der Waals surface area (Å²) in [6.07, 6.45) is 0. The molecule has 1 aromatic carbocycles. The normalized spacial score (nSPS) is 9.88. The first-order chi connectivity index (χ1) is 7.54. The summed E-state index contributed by atoms with van der Waals surface area (Å²) in [6, 6.07) is 6.68. The van der Waals surface area contributed by atoms with Crippen LogP contribution in [0.5, 0.6) is 0 Å². The molecule has 3 N–H and O–H groups in total. The SMILES string of the molecule is CN(CC(=O)O)c1ccc(C(=O)CN)cc1. The summed E-state index contributed by atoms with van der Waals surface area (Å²) in [5.41, 5.74) is 6.51. The van der Waals surface area contributed by atoms with Crippen molar-refractivity contribution in [3.63, 3.8) is 0 Å². The van der Waals surface area contributed by atoms with E-state index in [0.29, 0.717) is 5.56 Å². The Hall–Kier alpha value is -1.88. The molecule has 0 spiro atoms. The molecule has 0 aliphatic heterocycles. The maximum atomic E-state index is 11.2. The number of ketones is 1. The van der Waals surface area contributed by atoms with Gasteiger partial charge in [0.2, 0.25) is 0 Å². The van der Waals surface area contributed by atoms with E-state index in [1.165, 1.54) is 0 Å². The van der Waals surface area contributed by atoms with Gasteiger partial charge in [0.1, 0.15) is 6.54 Å². The van der Waals surface area contributed by atoms with Crippen LogP contribution in [0.2, 0.25) is 0 Å². The molecule has 0 atom stereocenters. The van der Waals surface area contributed by atoms with E-state index in [4.69, 9.17) is 10.8 Å². The van der Waals surface area contributed by atoms with Gasteiger partial charge in [-0.15, -0.1) is 0 Å². The number of hydrogen-bond acceptors (Lipinski definition) is 4. The maximum absolute atomic E-state index is 11.2.